The first-order valence-electron chi connectivity index (χ1n) is 10.9. The standard InChI is InChI=1S/C24H29N5O2.CH4/c1-28(2)12-5-13-31-21-15-25-24(26-16-21)20-9-3-6-18(14-20)17-29-23(30)11-10-22(27-29)19-7-4-8-19;/h3,6,9-11,14-16,19H,4-5,7-8,12-13,17H2,1-2H3;1H4. The fourth-order valence-electron chi connectivity index (χ4n) is 3.59. The largest absolute Gasteiger partial charge is 0.490 e. The van der Waals surface area contributed by atoms with Gasteiger partial charge in [0.2, 0.25) is 0 Å². The van der Waals surface area contributed by atoms with E-state index in [1.165, 1.54) is 6.42 Å². The van der Waals surface area contributed by atoms with Crippen LogP contribution in [0.1, 0.15) is 50.3 Å². The first-order valence-corrected chi connectivity index (χ1v) is 10.9. The summed E-state index contributed by atoms with van der Waals surface area (Å²) in [7, 11) is 4.09. The predicted molar refractivity (Wildman–Crippen MR) is 127 cm³/mol. The van der Waals surface area contributed by atoms with Crippen molar-refractivity contribution in [2.24, 2.45) is 0 Å². The van der Waals surface area contributed by atoms with E-state index in [2.05, 4.69) is 20.0 Å². The van der Waals surface area contributed by atoms with E-state index in [-0.39, 0.29) is 13.0 Å². The van der Waals surface area contributed by atoms with Crippen LogP contribution in [-0.4, -0.2) is 51.9 Å². The predicted octanol–water partition coefficient (Wildman–Crippen LogP) is 3.98. The minimum absolute atomic E-state index is 0. The molecule has 7 nitrogen and oxygen atoms in total. The zero-order chi connectivity index (χ0) is 21.6. The molecule has 0 amide bonds. The lowest BCUT2D eigenvalue weighted by molar-refractivity contribution is 0.280. The monoisotopic (exact) mass is 435 g/mol. The molecule has 7 heteroatoms. The molecular weight excluding hydrogens is 402 g/mol. The molecule has 0 bridgehead atoms. The molecule has 0 atom stereocenters. The van der Waals surface area contributed by atoms with E-state index in [9.17, 15) is 4.79 Å². The average Bonchev–Trinajstić information content (AvgIpc) is 2.73. The summed E-state index contributed by atoms with van der Waals surface area (Å²) in [6.07, 6.45) is 7.93. The highest BCUT2D eigenvalue weighted by Gasteiger charge is 2.21. The highest BCUT2D eigenvalue weighted by molar-refractivity contribution is 5.56. The summed E-state index contributed by atoms with van der Waals surface area (Å²) in [6, 6.07) is 11.4. The van der Waals surface area contributed by atoms with Gasteiger partial charge in [-0.3, -0.25) is 4.79 Å². The molecular formula is C25H33N5O2. The van der Waals surface area contributed by atoms with Gasteiger partial charge in [0.25, 0.3) is 5.56 Å². The molecule has 0 N–H and O–H groups in total. The van der Waals surface area contributed by atoms with Gasteiger partial charge in [0.15, 0.2) is 11.6 Å². The van der Waals surface area contributed by atoms with Gasteiger partial charge in [0.05, 0.1) is 31.2 Å². The van der Waals surface area contributed by atoms with Crippen molar-refractivity contribution < 1.29 is 4.74 Å². The lowest BCUT2D eigenvalue weighted by atomic mass is 9.83. The summed E-state index contributed by atoms with van der Waals surface area (Å²) in [6.45, 7) is 2.05. The second kappa shape index (κ2) is 11.0. The van der Waals surface area contributed by atoms with Crippen LogP contribution in [0.4, 0.5) is 0 Å². The van der Waals surface area contributed by atoms with Crippen LogP contribution < -0.4 is 10.3 Å². The van der Waals surface area contributed by atoms with E-state index in [4.69, 9.17) is 4.74 Å². The molecule has 1 fully saturated rings. The molecule has 1 saturated carbocycles. The molecule has 1 aromatic carbocycles. The highest BCUT2D eigenvalue weighted by Crippen LogP contribution is 2.34. The normalized spacial score (nSPS) is 13.5. The van der Waals surface area contributed by atoms with Crippen LogP contribution in [0.2, 0.25) is 0 Å². The Hall–Kier alpha value is -3.06. The number of ether oxygens (including phenoxy) is 1. The molecule has 2 heterocycles. The fourth-order valence-corrected chi connectivity index (χ4v) is 3.59. The minimum atomic E-state index is -0.0829. The Morgan fingerprint density at radius 3 is 2.59 bits per heavy atom. The van der Waals surface area contributed by atoms with Gasteiger partial charge in [0.1, 0.15) is 0 Å². The number of hydrogen-bond donors (Lipinski definition) is 0. The molecule has 0 spiro atoms. The summed E-state index contributed by atoms with van der Waals surface area (Å²) in [5, 5.41) is 4.60. The summed E-state index contributed by atoms with van der Waals surface area (Å²) >= 11 is 0. The zero-order valence-electron chi connectivity index (χ0n) is 18.2. The molecule has 0 unspecified atom stereocenters. The SMILES string of the molecule is C.CN(C)CCCOc1cnc(-c2cccc(Cn3nc(C4CCC4)ccc3=O)c2)nc1. The molecule has 1 aliphatic carbocycles. The Bertz CT molecular complexity index is 1060. The van der Waals surface area contributed by atoms with Crippen LogP contribution in [-0.2, 0) is 6.54 Å². The maximum absolute atomic E-state index is 12.3. The van der Waals surface area contributed by atoms with Crippen molar-refractivity contribution in [3.05, 3.63) is 70.4 Å². The van der Waals surface area contributed by atoms with Gasteiger partial charge in [0, 0.05) is 24.1 Å². The Balaban J connectivity index is 0.00000289. The second-order valence-corrected chi connectivity index (χ2v) is 8.33. The highest BCUT2D eigenvalue weighted by atomic mass is 16.5. The van der Waals surface area contributed by atoms with Gasteiger partial charge in [-0.25, -0.2) is 14.6 Å². The third-order valence-electron chi connectivity index (χ3n) is 5.57. The molecule has 2 aromatic heterocycles. The number of aromatic nitrogens is 4. The van der Waals surface area contributed by atoms with Gasteiger partial charge in [-0.15, -0.1) is 0 Å². The van der Waals surface area contributed by atoms with Crippen molar-refractivity contribution in [2.75, 3.05) is 27.2 Å². The van der Waals surface area contributed by atoms with Crippen LogP contribution in [0, 0.1) is 0 Å². The Morgan fingerprint density at radius 1 is 1.12 bits per heavy atom. The summed E-state index contributed by atoms with van der Waals surface area (Å²) in [5.41, 5.74) is 2.83. The van der Waals surface area contributed by atoms with Crippen molar-refractivity contribution in [1.82, 2.24) is 24.6 Å². The van der Waals surface area contributed by atoms with Gasteiger partial charge < -0.3 is 9.64 Å². The van der Waals surface area contributed by atoms with E-state index in [0.29, 0.717) is 30.6 Å². The molecule has 0 radical (unpaired) electrons. The van der Waals surface area contributed by atoms with Crippen LogP contribution in [0.3, 0.4) is 0 Å². The van der Waals surface area contributed by atoms with Crippen molar-refractivity contribution >= 4 is 0 Å². The van der Waals surface area contributed by atoms with Gasteiger partial charge >= 0.3 is 0 Å². The maximum Gasteiger partial charge on any atom is 0.267 e. The van der Waals surface area contributed by atoms with Crippen LogP contribution >= 0.6 is 0 Å². The first kappa shape index (κ1) is 23.6. The molecule has 0 aliphatic heterocycles. The van der Waals surface area contributed by atoms with Crippen LogP contribution in [0.15, 0.2) is 53.6 Å². The van der Waals surface area contributed by atoms with Crippen LogP contribution in [0.5, 0.6) is 5.75 Å². The summed E-state index contributed by atoms with van der Waals surface area (Å²) in [5.74, 6) is 1.79. The average molecular weight is 436 g/mol. The third kappa shape index (κ3) is 6.01. The van der Waals surface area contributed by atoms with E-state index in [1.54, 1.807) is 23.1 Å². The molecule has 0 saturated heterocycles. The van der Waals surface area contributed by atoms with Crippen molar-refractivity contribution in [2.45, 2.75) is 45.6 Å². The summed E-state index contributed by atoms with van der Waals surface area (Å²) < 4.78 is 7.26. The van der Waals surface area contributed by atoms with E-state index >= 15 is 0 Å². The molecule has 4 rings (SSSR count). The molecule has 1 aliphatic rings. The Kier molecular flexibility index (Phi) is 8.11. The Labute approximate surface area is 190 Å². The third-order valence-corrected chi connectivity index (χ3v) is 5.57. The zero-order valence-corrected chi connectivity index (χ0v) is 18.2. The Morgan fingerprint density at radius 2 is 1.91 bits per heavy atom. The van der Waals surface area contributed by atoms with Gasteiger partial charge in [-0.05, 0) is 51.1 Å². The molecule has 170 valence electrons. The minimum Gasteiger partial charge on any atom is -0.490 e. The number of nitrogens with zero attached hydrogens (tertiary/aromatic N) is 5. The lowest BCUT2D eigenvalue weighted by Crippen LogP contribution is -2.25. The number of hydrogen-bond acceptors (Lipinski definition) is 6. The second-order valence-electron chi connectivity index (χ2n) is 8.33. The van der Waals surface area contributed by atoms with Crippen molar-refractivity contribution in [3.63, 3.8) is 0 Å². The summed E-state index contributed by atoms with van der Waals surface area (Å²) in [4.78, 5) is 23.3. The van der Waals surface area contributed by atoms with E-state index < -0.39 is 0 Å². The van der Waals surface area contributed by atoms with E-state index in [0.717, 1.165) is 42.6 Å². The number of rotatable bonds is 9. The molecule has 3 aromatic rings. The fraction of sp³-hybridized carbons (Fsp3) is 0.440. The van der Waals surface area contributed by atoms with Crippen molar-refractivity contribution in [1.29, 1.82) is 0 Å². The van der Waals surface area contributed by atoms with E-state index in [1.807, 2.05) is 44.4 Å². The first-order chi connectivity index (χ1) is 15.1. The lowest BCUT2D eigenvalue weighted by Gasteiger charge is -2.24. The van der Waals surface area contributed by atoms with Gasteiger partial charge in [-0.1, -0.05) is 32.0 Å². The molecule has 32 heavy (non-hydrogen) atoms. The van der Waals surface area contributed by atoms with Crippen molar-refractivity contribution in [3.8, 4) is 17.1 Å². The van der Waals surface area contributed by atoms with Gasteiger partial charge in [-0.2, -0.15) is 5.10 Å². The topological polar surface area (TPSA) is 73.1 Å². The quantitative estimate of drug-likeness (QED) is 0.473. The maximum atomic E-state index is 12.3. The van der Waals surface area contributed by atoms with Crippen LogP contribution in [0.25, 0.3) is 11.4 Å². The smallest absolute Gasteiger partial charge is 0.267 e. The number of benzene rings is 1.